The summed E-state index contributed by atoms with van der Waals surface area (Å²) in [6.45, 7) is 9.98. The van der Waals surface area contributed by atoms with Gasteiger partial charge in [0.2, 0.25) is 0 Å². The van der Waals surface area contributed by atoms with Gasteiger partial charge in [-0.15, -0.1) is 6.58 Å². The number of Topliss-reactive ketones (excluding diaryl/α,β-unsaturated/α-hetero) is 1. The van der Waals surface area contributed by atoms with Crippen molar-refractivity contribution >= 4 is 11.8 Å². The number of cyclic esters (lactones) is 1. The largest absolute Gasteiger partial charge is 0.461 e. The molecule has 0 saturated carbocycles. The van der Waals surface area contributed by atoms with Crippen molar-refractivity contribution in [2.24, 2.45) is 16.7 Å². The highest BCUT2D eigenvalue weighted by atomic mass is 16.6. The molecule has 1 saturated heterocycles. The van der Waals surface area contributed by atoms with Gasteiger partial charge < -0.3 is 4.74 Å². The monoisotopic (exact) mass is 288 g/mol. The van der Waals surface area contributed by atoms with Gasteiger partial charge in [0.1, 0.15) is 6.10 Å². The van der Waals surface area contributed by atoms with Crippen LogP contribution in [0.25, 0.3) is 0 Å². The summed E-state index contributed by atoms with van der Waals surface area (Å²) >= 11 is 0. The Bertz CT molecular complexity index is 559. The summed E-state index contributed by atoms with van der Waals surface area (Å²) in [5.74, 6) is 0.416. The van der Waals surface area contributed by atoms with E-state index in [4.69, 9.17) is 4.74 Å². The van der Waals surface area contributed by atoms with Crippen molar-refractivity contribution in [1.29, 1.82) is 0 Å². The molecule has 114 valence electrons. The summed E-state index contributed by atoms with van der Waals surface area (Å²) < 4.78 is 5.74. The Morgan fingerprint density at radius 3 is 2.57 bits per heavy atom. The predicted octanol–water partition coefficient (Wildman–Crippen LogP) is 3.59. The Morgan fingerprint density at radius 2 is 1.95 bits per heavy atom. The zero-order valence-corrected chi connectivity index (χ0v) is 13.2. The third-order valence-corrected chi connectivity index (χ3v) is 6.17. The van der Waals surface area contributed by atoms with Crippen LogP contribution in [0.15, 0.2) is 23.8 Å². The maximum absolute atomic E-state index is 12.4. The van der Waals surface area contributed by atoms with Crippen LogP contribution < -0.4 is 0 Å². The topological polar surface area (TPSA) is 43.4 Å². The molecule has 0 amide bonds. The summed E-state index contributed by atoms with van der Waals surface area (Å²) in [6.07, 6.45) is 5.73. The highest BCUT2D eigenvalue weighted by Crippen LogP contribution is 2.56. The third kappa shape index (κ3) is 1.86. The molecule has 3 rings (SSSR count). The lowest BCUT2D eigenvalue weighted by molar-refractivity contribution is -0.151. The van der Waals surface area contributed by atoms with Crippen molar-refractivity contribution in [1.82, 2.24) is 0 Å². The molecule has 0 aromatic rings. The van der Waals surface area contributed by atoms with E-state index in [1.54, 1.807) is 6.08 Å². The quantitative estimate of drug-likeness (QED) is 0.576. The van der Waals surface area contributed by atoms with Gasteiger partial charge in [0.15, 0.2) is 5.78 Å². The highest BCUT2D eigenvalue weighted by molar-refractivity contribution is 6.00. The van der Waals surface area contributed by atoms with E-state index < -0.39 is 5.41 Å². The van der Waals surface area contributed by atoms with Crippen LogP contribution in [0.2, 0.25) is 0 Å². The van der Waals surface area contributed by atoms with Gasteiger partial charge in [-0.25, -0.2) is 0 Å². The SMILES string of the molecule is C=C[C@]1(C)C[C@H]([C@]2(C)C3=C(CCC3=O)CC[C@@H]2C)OC1=O. The van der Waals surface area contributed by atoms with Crippen molar-refractivity contribution in [2.45, 2.75) is 59.0 Å². The van der Waals surface area contributed by atoms with Gasteiger partial charge in [0.05, 0.1) is 5.41 Å². The van der Waals surface area contributed by atoms with Crippen LogP contribution in [0, 0.1) is 16.7 Å². The number of esters is 1. The fraction of sp³-hybridized carbons (Fsp3) is 0.667. The fourth-order valence-electron chi connectivity index (χ4n) is 4.33. The Balaban J connectivity index is 2.03. The van der Waals surface area contributed by atoms with Gasteiger partial charge in [-0.3, -0.25) is 9.59 Å². The number of carbonyl (C=O) groups is 2. The molecule has 0 spiro atoms. The van der Waals surface area contributed by atoms with E-state index in [1.165, 1.54) is 5.57 Å². The minimum absolute atomic E-state index is 0.200. The predicted molar refractivity (Wildman–Crippen MR) is 80.6 cm³/mol. The second-order valence-electron chi connectivity index (χ2n) is 7.34. The lowest BCUT2D eigenvalue weighted by atomic mass is 9.60. The van der Waals surface area contributed by atoms with E-state index in [1.807, 2.05) is 6.92 Å². The second kappa shape index (κ2) is 4.56. The summed E-state index contributed by atoms with van der Waals surface area (Å²) in [7, 11) is 0. The fourth-order valence-corrected chi connectivity index (χ4v) is 4.33. The number of rotatable bonds is 2. The molecule has 0 N–H and O–H groups in total. The highest BCUT2D eigenvalue weighted by Gasteiger charge is 2.56. The number of ether oxygens (including phenoxy) is 1. The van der Waals surface area contributed by atoms with Crippen molar-refractivity contribution in [3.63, 3.8) is 0 Å². The first-order chi connectivity index (χ1) is 9.83. The summed E-state index contributed by atoms with van der Waals surface area (Å²) in [4.78, 5) is 24.6. The standard InChI is InChI=1S/C18H24O3/c1-5-17(3)10-14(21-16(17)20)18(4)11(2)6-7-12-8-9-13(19)15(12)18/h5,11,14H,1,6-10H2,2-4H3/t11-,14+,17+,18+/m0/s1. The van der Waals surface area contributed by atoms with Crippen LogP contribution in [0.1, 0.15) is 52.9 Å². The molecule has 0 aromatic carbocycles. The Kier molecular flexibility index (Phi) is 3.16. The van der Waals surface area contributed by atoms with Gasteiger partial charge in [-0.1, -0.05) is 25.5 Å². The minimum Gasteiger partial charge on any atom is -0.461 e. The number of carbonyl (C=O) groups excluding carboxylic acids is 2. The van der Waals surface area contributed by atoms with Crippen LogP contribution in [0.5, 0.6) is 0 Å². The summed E-state index contributed by atoms with van der Waals surface area (Å²) in [6, 6.07) is 0. The molecular weight excluding hydrogens is 264 g/mol. The zero-order valence-electron chi connectivity index (χ0n) is 13.2. The van der Waals surface area contributed by atoms with E-state index in [2.05, 4.69) is 20.4 Å². The van der Waals surface area contributed by atoms with Crippen molar-refractivity contribution in [3.8, 4) is 0 Å². The average molecular weight is 288 g/mol. The molecule has 3 heteroatoms. The molecule has 4 atom stereocenters. The van der Waals surface area contributed by atoms with Gasteiger partial charge in [-0.2, -0.15) is 0 Å². The molecule has 1 aliphatic heterocycles. The van der Waals surface area contributed by atoms with Crippen LogP contribution in [0.3, 0.4) is 0 Å². The summed E-state index contributed by atoms with van der Waals surface area (Å²) in [5, 5.41) is 0. The lowest BCUT2D eigenvalue weighted by Gasteiger charge is -2.44. The average Bonchev–Trinajstić information content (AvgIpc) is 2.97. The molecule has 21 heavy (non-hydrogen) atoms. The maximum Gasteiger partial charge on any atom is 0.316 e. The minimum atomic E-state index is -0.618. The van der Waals surface area contributed by atoms with E-state index >= 15 is 0 Å². The van der Waals surface area contributed by atoms with Gasteiger partial charge in [-0.05, 0) is 32.1 Å². The van der Waals surface area contributed by atoms with Crippen molar-refractivity contribution < 1.29 is 14.3 Å². The first-order valence-electron chi connectivity index (χ1n) is 7.93. The van der Waals surface area contributed by atoms with Crippen LogP contribution in [-0.4, -0.2) is 17.9 Å². The number of allylic oxidation sites excluding steroid dienone is 1. The van der Waals surface area contributed by atoms with E-state index in [-0.39, 0.29) is 23.3 Å². The molecule has 0 unspecified atom stereocenters. The van der Waals surface area contributed by atoms with Crippen molar-refractivity contribution in [2.75, 3.05) is 0 Å². The molecule has 1 fully saturated rings. The Labute approximate surface area is 126 Å². The first-order valence-corrected chi connectivity index (χ1v) is 7.93. The molecule has 2 aliphatic carbocycles. The third-order valence-electron chi connectivity index (χ3n) is 6.17. The van der Waals surface area contributed by atoms with Gasteiger partial charge in [0, 0.05) is 23.8 Å². The van der Waals surface area contributed by atoms with Crippen molar-refractivity contribution in [3.05, 3.63) is 23.8 Å². The maximum atomic E-state index is 12.4. The number of hydrogen-bond donors (Lipinski definition) is 0. The molecule has 3 aliphatic rings. The normalized spacial score (nSPS) is 43.0. The molecule has 0 bridgehead atoms. The van der Waals surface area contributed by atoms with E-state index in [9.17, 15) is 9.59 Å². The first kappa shape index (κ1) is 14.6. The Morgan fingerprint density at radius 1 is 1.24 bits per heavy atom. The Hall–Kier alpha value is -1.38. The molecule has 0 radical (unpaired) electrons. The zero-order chi connectivity index (χ0) is 15.4. The summed E-state index contributed by atoms with van der Waals surface area (Å²) in [5.41, 5.74) is 1.33. The second-order valence-corrected chi connectivity index (χ2v) is 7.34. The molecular formula is C18H24O3. The smallest absolute Gasteiger partial charge is 0.316 e. The van der Waals surface area contributed by atoms with E-state index in [0.29, 0.717) is 18.8 Å². The lowest BCUT2D eigenvalue weighted by Crippen LogP contribution is -2.43. The molecule has 0 aromatic heterocycles. The van der Waals surface area contributed by atoms with Crippen LogP contribution in [-0.2, 0) is 14.3 Å². The molecule has 3 nitrogen and oxygen atoms in total. The number of hydrogen-bond acceptors (Lipinski definition) is 3. The van der Waals surface area contributed by atoms with E-state index in [0.717, 1.165) is 24.8 Å². The van der Waals surface area contributed by atoms with Crippen LogP contribution >= 0.6 is 0 Å². The van der Waals surface area contributed by atoms with Gasteiger partial charge in [0.25, 0.3) is 0 Å². The van der Waals surface area contributed by atoms with Crippen LogP contribution in [0.4, 0.5) is 0 Å². The van der Waals surface area contributed by atoms with Gasteiger partial charge >= 0.3 is 5.97 Å². The number of ketones is 1. The molecule has 1 heterocycles.